The number of ether oxygens (including phenoxy) is 3. The van der Waals surface area contributed by atoms with Gasteiger partial charge in [0.25, 0.3) is 5.91 Å². The number of nitrogens with one attached hydrogen (secondary N) is 1. The smallest absolute Gasteiger partial charge is 0.254 e. The number of carbonyl (C=O) groups is 2. The Bertz CT molecular complexity index is 1320. The zero-order chi connectivity index (χ0) is 25.9. The molecule has 0 bridgehead atoms. The predicted molar refractivity (Wildman–Crippen MR) is 142 cm³/mol. The summed E-state index contributed by atoms with van der Waals surface area (Å²) in [5.74, 6) is 1.05. The maximum Gasteiger partial charge on any atom is 0.254 e. The number of fused-ring (bicyclic) bond motifs is 4. The molecule has 7 heteroatoms. The summed E-state index contributed by atoms with van der Waals surface area (Å²) in [6.45, 7) is 7.77. The van der Waals surface area contributed by atoms with Crippen LogP contribution >= 0.6 is 0 Å². The number of hydrogen-bond donors (Lipinski definition) is 1. The number of rotatable bonds is 8. The van der Waals surface area contributed by atoms with Crippen molar-refractivity contribution in [1.82, 2.24) is 4.90 Å². The monoisotopic (exact) mass is 500 g/mol. The Morgan fingerprint density at radius 1 is 0.865 bits per heavy atom. The van der Waals surface area contributed by atoms with Crippen molar-refractivity contribution in [2.24, 2.45) is 0 Å². The molecule has 2 amide bonds. The van der Waals surface area contributed by atoms with Gasteiger partial charge in [0.1, 0.15) is 5.75 Å². The van der Waals surface area contributed by atoms with Crippen LogP contribution in [-0.2, 0) is 11.2 Å². The number of benzene rings is 3. The molecule has 3 aromatic carbocycles. The first-order chi connectivity index (χ1) is 18.1. The van der Waals surface area contributed by atoms with E-state index in [1.165, 1.54) is 0 Å². The van der Waals surface area contributed by atoms with Crippen LogP contribution in [0.3, 0.4) is 0 Å². The molecule has 0 aromatic heterocycles. The molecule has 0 fully saturated rings. The van der Waals surface area contributed by atoms with Crippen molar-refractivity contribution in [3.63, 3.8) is 0 Å². The summed E-state index contributed by atoms with van der Waals surface area (Å²) in [5, 5.41) is 3.10. The molecule has 0 saturated carbocycles. The number of nitrogens with zero attached hydrogens (tertiary/aromatic N) is 1. The summed E-state index contributed by atoms with van der Waals surface area (Å²) in [7, 11) is 0. The van der Waals surface area contributed by atoms with E-state index in [2.05, 4.69) is 5.32 Å². The van der Waals surface area contributed by atoms with Crippen LogP contribution in [0.4, 0.5) is 5.69 Å². The lowest BCUT2D eigenvalue weighted by atomic mass is 9.75. The quantitative estimate of drug-likeness (QED) is 0.451. The molecule has 37 heavy (non-hydrogen) atoms. The van der Waals surface area contributed by atoms with Crippen molar-refractivity contribution in [2.45, 2.75) is 39.2 Å². The summed E-state index contributed by atoms with van der Waals surface area (Å²) < 4.78 is 17.5. The van der Waals surface area contributed by atoms with Gasteiger partial charge < -0.3 is 24.4 Å². The molecule has 3 aromatic rings. The maximum atomic E-state index is 14.1. The number of anilines is 1. The van der Waals surface area contributed by atoms with E-state index in [4.69, 9.17) is 14.2 Å². The average molecular weight is 501 g/mol. The van der Waals surface area contributed by atoms with Crippen molar-refractivity contribution >= 4 is 17.5 Å². The first-order valence-corrected chi connectivity index (χ1v) is 12.9. The normalized spacial score (nSPS) is 17.8. The molecule has 2 unspecified atom stereocenters. The second-order valence-electron chi connectivity index (χ2n) is 9.04. The van der Waals surface area contributed by atoms with Crippen LogP contribution < -0.4 is 19.5 Å². The van der Waals surface area contributed by atoms with Gasteiger partial charge in [0, 0.05) is 12.1 Å². The highest BCUT2D eigenvalue weighted by molar-refractivity contribution is 6.05. The van der Waals surface area contributed by atoms with Crippen LogP contribution in [0.2, 0.25) is 0 Å². The van der Waals surface area contributed by atoms with E-state index in [1.54, 1.807) is 0 Å². The van der Waals surface area contributed by atoms with Crippen molar-refractivity contribution in [1.29, 1.82) is 0 Å². The lowest BCUT2D eigenvalue weighted by Crippen LogP contribution is -2.49. The van der Waals surface area contributed by atoms with Gasteiger partial charge in [0.2, 0.25) is 5.91 Å². The molecule has 2 aliphatic heterocycles. The molecule has 5 rings (SSSR count). The Balaban J connectivity index is 1.63. The highest BCUT2D eigenvalue weighted by Crippen LogP contribution is 2.48. The van der Waals surface area contributed by atoms with Gasteiger partial charge in [-0.25, -0.2) is 0 Å². The van der Waals surface area contributed by atoms with Gasteiger partial charge in [0.15, 0.2) is 11.5 Å². The van der Waals surface area contributed by atoms with Crippen LogP contribution in [0.25, 0.3) is 0 Å². The van der Waals surface area contributed by atoms with Crippen molar-refractivity contribution in [3.05, 3.63) is 82.9 Å². The van der Waals surface area contributed by atoms with Crippen LogP contribution in [0.1, 0.15) is 59.8 Å². The van der Waals surface area contributed by atoms with Crippen LogP contribution in [0.5, 0.6) is 17.2 Å². The summed E-state index contributed by atoms with van der Waals surface area (Å²) >= 11 is 0. The Kier molecular flexibility index (Phi) is 7.04. The predicted octanol–water partition coefficient (Wildman–Crippen LogP) is 5.36. The summed E-state index contributed by atoms with van der Waals surface area (Å²) in [6, 6.07) is 18.3. The van der Waals surface area contributed by atoms with Gasteiger partial charge in [-0.05, 0) is 74.2 Å². The number of amides is 2. The maximum absolute atomic E-state index is 14.1. The third kappa shape index (κ3) is 4.50. The minimum absolute atomic E-state index is 0.0585. The largest absolute Gasteiger partial charge is 0.492 e. The van der Waals surface area contributed by atoms with E-state index < -0.39 is 12.0 Å². The summed E-state index contributed by atoms with van der Waals surface area (Å²) in [6.07, 6.45) is 0.674. The molecule has 2 heterocycles. The molecule has 2 aliphatic rings. The standard InChI is InChI=1S/C30H32N2O5/c1-4-35-24-14-10-9-13-23(24)31-29(33)27-20-11-7-8-12-21(20)30(34)32-16-15-19-17-25(36-5-2)26(37-6-3)18-22(19)28(27)32/h7-14,17-18,27-28H,4-6,15-16H2,1-3H3,(H,31,33). The number of hydrogen-bond acceptors (Lipinski definition) is 5. The molecule has 2 atom stereocenters. The van der Waals surface area contributed by atoms with Crippen molar-refractivity contribution in [2.75, 3.05) is 31.7 Å². The van der Waals surface area contributed by atoms with Crippen LogP contribution in [-0.4, -0.2) is 43.1 Å². The van der Waals surface area contributed by atoms with Gasteiger partial charge in [-0.15, -0.1) is 0 Å². The highest BCUT2D eigenvalue weighted by atomic mass is 16.5. The fourth-order valence-electron chi connectivity index (χ4n) is 5.42. The van der Waals surface area contributed by atoms with Crippen molar-refractivity contribution in [3.8, 4) is 17.2 Å². The third-order valence-corrected chi connectivity index (χ3v) is 6.91. The molecule has 0 saturated heterocycles. The lowest BCUT2D eigenvalue weighted by Gasteiger charge is -2.45. The zero-order valence-corrected chi connectivity index (χ0v) is 21.5. The molecule has 0 aliphatic carbocycles. The number of para-hydroxylation sites is 2. The minimum atomic E-state index is -0.616. The Morgan fingerprint density at radius 2 is 1.51 bits per heavy atom. The average Bonchev–Trinajstić information content (AvgIpc) is 2.91. The first kappa shape index (κ1) is 24.7. The lowest BCUT2D eigenvalue weighted by molar-refractivity contribution is -0.119. The number of carbonyl (C=O) groups excluding carboxylic acids is 2. The molecule has 0 radical (unpaired) electrons. The van der Waals surface area contributed by atoms with Gasteiger partial charge in [-0.3, -0.25) is 9.59 Å². The molecule has 0 spiro atoms. The van der Waals surface area contributed by atoms with E-state index in [0.717, 1.165) is 16.7 Å². The fraction of sp³-hybridized carbons (Fsp3) is 0.333. The Morgan fingerprint density at radius 3 is 2.27 bits per heavy atom. The Hall–Kier alpha value is -4.00. The van der Waals surface area contributed by atoms with E-state index in [-0.39, 0.29) is 11.8 Å². The molecular formula is C30H32N2O5. The van der Waals surface area contributed by atoms with Gasteiger partial charge in [-0.1, -0.05) is 30.3 Å². The molecular weight excluding hydrogens is 468 g/mol. The summed E-state index contributed by atoms with van der Waals surface area (Å²) in [5.41, 5.74) is 3.87. The van der Waals surface area contributed by atoms with E-state index >= 15 is 0 Å². The third-order valence-electron chi connectivity index (χ3n) is 6.91. The van der Waals surface area contributed by atoms with Gasteiger partial charge >= 0.3 is 0 Å². The van der Waals surface area contributed by atoms with E-state index in [1.807, 2.05) is 86.3 Å². The molecule has 7 nitrogen and oxygen atoms in total. The second kappa shape index (κ2) is 10.5. The minimum Gasteiger partial charge on any atom is -0.492 e. The van der Waals surface area contributed by atoms with Crippen molar-refractivity contribution < 1.29 is 23.8 Å². The molecule has 1 N–H and O–H groups in total. The van der Waals surface area contributed by atoms with Crippen LogP contribution in [0.15, 0.2) is 60.7 Å². The van der Waals surface area contributed by atoms with E-state index in [0.29, 0.717) is 61.3 Å². The Labute approximate surface area is 217 Å². The van der Waals surface area contributed by atoms with Gasteiger partial charge in [-0.2, -0.15) is 0 Å². The zero-order valence-electron chi connectivity index (χ0n) is 21.5. The molecule has 192 valence electrons. The highest BCUT2D eigenvalue weighted by Gasteiger charge is 2.46. The van der Waals surface area contributed by atoms with Crippen LogP contribution in [0, 0.1) is 0 Å². The van der Waals surface area contributed by atoms with Gasteiger partial charge in [0.05, 0.1) is 37.5 Å². The fourth-order valence-corrected chi connectivity index (χ4v) is 5.42. The summed E-state index contributed by atoms with van der Waals surface area (Å²) in [4.78, 5) is 29.5. The topological polar surface area (TPSA) is 77.1 Å². The second-order valence-corrected chi connectivity index (χ2v) is 9.04. The SMILES string of the molecule is CCOc1ccccc1NC(=O)C1c2ccccc2C(=O)N2CCc3cc(OCC)c(OCC)cc3C12. The van der Waals surface area contributed by atoms with E-state index in [9.17, 15) is 9.59 Å². The first-order valence-electron chi connectivity index (χ1n) is 12.9.